The molecule has 1 amide bonds. The fourth-order valence-corrected chi connectivity index (χ4v) is 6.03. The van der Waals surface area contributed by atoms with Crippen molar-refractivity contribution in [3.8, 4) is 11.5 Å². The second-order valence-corrected chi connectivity index (χ2v) is 9.16. The Labute approximate surface area is 176 Å². The molecule has 0 saturated carbocycles. The van der Waals surface area contributed by atoms with Gasteiger partial charge in [-0.25, -0.2) is 0 Å². The zero-order chi connectivity index (χ0) is 20.1. The molecule has 1 N–H and O–H groups in total. The van der Waals surface area contributed by atoms with Gasteiger partial charge >= 0.3 is 0 Å². The summed E-state index contributed by atoms with van der Waals surface area (Å²) in [4.78, 5) is 18.4. The van der Waals surface area contributed by atoms with Crippen LogP contribution < -0.4 is 14.8 Å². The number of amides is 1. The molecule has 0 aliphatic carbocycles. The van der Waals surface area contributed by atoms with Crippen LogP contribution in [-0.2, 0) is 16.6 Å². The van der Waals surface area contributed by atoms with Crippen molar-refractivity contribution in [2.45, 2.75) is 17.9 Å². The van der Waals surface area contributed by atoms with Crippen LogP contribution in [0.15, 0.2) is 48.5 Å². The smallest absolute Gasteiger partial charge is 0.231 e. The average Bonchev–Trinajstić information content (AvgIpc) is 3.07. The highest BCUT2D eigenvalue weighted by Gasteiger charge is 2.55. The predicted molar refractivity (Wildman–Crippen MR) is 113 cm³/mol. The van der Waals surface area contributed by atoms with E-state index >= 15 is 0 Å². The van der Waals surface area contributed by atoms with Gasteiger partial charge in [0.05, 0.1) is 6.42 Å². The molecule has 2 aromatic rings. The monoisotopic (exact) mass is 405 g/mol. The summed E-state index contributed by atoms with van der Waals surface area (Å²) in [5.74, 6) is 2.02. The molecule has 5 heterocycles. The molecule has 7 rings (SSSR count). The Morgan fingerprint density at radius 1 is 1.00 bits per heavy atom. The molecule has 0 radical (unpaired) electrons. The number of nitrogens with one attached hydrogen (secondary N) is 1. The molecule has 4 saturated heterocycles. The number of hydrogen-bond acceptors (Lipinski definition) is 5. The molecule has 3 unspecified atom stereocenters. The molecule has 3 atom stereocenters. The highest BCUT2D eigenvalue weighted by Crippen LogP contribution is 2.43. The maximum absolute atomic E-state index is 13.2. The van der Waals surface area contributed by atoms with E-state index in [0.29, 0.717) is 12.3 Å². The molecular formula is C24H27N3O3. The number of hydrogen-bond donors (Lipinski definition) is 1. The zero-order valence-corrected chi connectivity index (χ0v) is 17.0. The normalized spacial score (nSPS) is 33.3. The van der Waals surface area contributed by atoms with E-state index in [0.717, 1.165) is 56.3 Å². The molecule has 6 heteroatoms. The van der Waals surface area contributed by atoms with Gasteiger partial charge in [0.1, 0.15) is 0 Å². The summed E-state index contributed by atoms with van der Waals surface area (Å²) in [6.45, 7) is 6.67. The van der Waals surface area contributed by atoms with Crippen molar-refractivity contribution in [2.24, 2.45) is 5.92 Å². The topological polar surface area (TPSA) is 54.0 Å². The van der Waals surface area contributed by atoms with Crippen LogP contribution in [0.3, 0.4) is 0 Å². The summed E-state index contributed by atoms with van der Waals surface area (Å²) in [5.41, 5.74) is 2.25. The number of benzene rings is 2. The summed E-state index contributed by atoms with van der Waals surface area (Å²) in [6.07, 6.45) is 0.359. The second-order valence-electron chi connectivity index (χ2n) is 9.16. The van der Waals surface area contributed by atoms with Crippen molar-refractivity contribution < 1.29 is 14.3 Å². The fourth-order valence-electron chi connectivity index (χ4n) is 6.03. The summed E-state index contributed by atoms with van der Waals surface area (Å²) in [5, 5.41) is 3.48. The first kappa shape index (κ1) is 18.2. The van der Waals surface area contributed by atoms with Gasteiger partial charge in [0.2, 0.25) is 12.7 Å². The Morgan fingerprint density at radius 2 is 1.73 bits per heavy atom. The highest BCUT2D eigenvalue weighted by atomic mass is 16.7. The Bertz CT molecular complexity index is 947. The molecule has 0 spiro atoms. The molecule has 5 aliphatic rings. The molecular weight excluding hydrogens is 378 g/mol. The third-order valence-electron chi connectivity index (χ3n) is 7.26. The van der Waals surface area contributed by atoms with Crippen molar-refractivity contribution in [3.63, 3.8) is 0 Å². The Morgan fingerprint density at radius 3 is 2.50 bits per heavy atom. The van der Waals surface area contributed by atoms with Crippen molar-refractivity contribution >= 4 is 5.91 Å². The molecule has 5 aliphatic heterocycles. The zero-order valence-electron chi connectivity index (χ0n) is 17.0. The average molecular weight is 405 g/mol. The van der Waals surface area contributed by atoms with Crippen molar-refractivity contribution in [1.29, 1.82) is 0 Å². The van der Waals surface area contributed by atoms with Crippen molar-refractivity contribution in [2.75, 3.05) is 46.1 Å². The number of fused-ring (bicyclic) bond motifs is 2. The van der Waals surface area contributed by atoms with Gasteiger partial charge in [0.25, 0.3) is 0 Å². The number of piperidine rings is 2. The summed E-state index contributed by atoms with van der Waals surface area (Å²) >= 11 is 0. The Balaban J connectivity index is 1.28. The summed E-state index contributed by atoms with van der Waals surface area (Å²) in [7, 11) is 0. The lowest BCUT2D eigenvalue weighted by Gasteiger charge is -2.55. The van der Waals surface area contributed by atoms with E-state index in [4.69, 9.17) is 9.47 Å². The highest BCUT2D eigenvalue weighted by molar-refractivity contribution is 5.79. The second kappa shape index (κ2) is 7.00. The van der Waals surface area contributed by atoms with Gasteiger partial charge in [-0.3, -0.25) is 4.79 Å². The predicted octanol–water partition coefficient (Wildman–Crippen LogP) is 1.64. The lowest BCUT2D eigenvalue weighted by molar-refractivity contribution is -0.123. The van der Waals surface area contributed by atoms with E-state index in [1.54, 1.807) is 0 Å². The first-order chi connectivity index (χ1) is 14.7. The van der Waals surface area contributed by atoms with Gasteiger partial charge in [-0.15, -0.1) is 0 Å². The van der Waals surface area contributed by atoms with Gasteiger partial charge < -0.3 is 24.6 Å². The van der Waals surface area contributed by atoms with E-state index in [-0.39, 0.29) is 24.2 Å². The van der Waals surface area contributed by atoms with Crippen LogP contribution in [0.1, 0.15) is 11.1 Å². The largest absolute Gasteiger partial charge is 0.454 e. The van der Waals surface area contributed by atoms with E-state index < -0.39 is 0 Å². The Hall–Kier alpha value is -2.57. The molecule has 156 valence electrons. The van der Waals surface area contributed by atoms with Crippen molar-refractivity contribution in [1.82, 2.24) is 15.1 Å². The molecule has 4 fully saturated rings. The minimum atomic E-state index is -0.0521. The lowest BCUT2D eigenvalue weighted by atomic mass is 9.64. The van der Waals surface area contributed by atoms with Crippen molar-refractivity contribution in [3.05, 3.63) is 59.7 Å². The molecule has 2 aromatic carbocycles. The van der Waals surface area contributed by atoms with Crippen LogP contribution in [0, 0.1) is 5.92 Å². The number of rotatable bonds is 4. The Kier molecular flexibility index (Phi) is 4.25. The minimum absolute atomic E-state index is 0.0521. The third-order valence-corrected chi connectivity index (χ3v) is 7.26. The van der Waals surface area contributed by atoms with E-state index in [1.807, 2.05) is 18.2 Å². The number of carbonyl (C=O) groups excluding carboxylic acids is 1. The standard InChI is InChI=1S/C24H27N3O3/c28-22(11-17-6-7-20-21(10-17)30-16-29-20)25-23-18-12-26-8-9-27(13-18)15-24(23,14-26)19-4-2-1-3-5-19/h1-7,10,18,23H,8-9,11-16H2,(H,25,28). The van der Waals surface area contributed by atoms with Crippen LogP contribution in [0.25, 0.3) is 0 Å². The van der Waals surface area contributed by atoms with Gasteiger partial charge in [0, 0.05) is 56.6 Å². The fraction of sp³-hybridized carbons (Fsp3) is 0.458. The van der Waals surface area contributed by atoms with Crippen LogP contribution >= 0.6 is 0 Å². The van der Waals surface area contributed by atoms with Gasteiger partial charge in [-0.2, -0.15) is 0 Å². The lowest BCUT2D eigenvalue weighted by Crippen LogP contribution is -2.70. The number of nitrogens with zero attached hydrogens (tertiary/aromatic N) is 2. The van der Waals surface area contributed by atoms with E-state index in [2.05, 4.69) is 45.4 Å². The quantitative estimate of drug-likeness (QED) is 0.838. The van der Waals surface area contributed by atoms with E-state index in [9.17, 15) is 4.79 Å². The van der Waals surface area contributed by atoms with Crippen LogP contribution in [0.4, 0.5) is 0 Å². The van der Waals surface area contributed by atoms with Gasteiger partial charge in [-0.1, -0.05) is 36.4 Å². The summed E-state index contributed by atoms with van der Waals surface area (Å²) < 4.78 is 10.9. The molecule has 0 aromatic heterocycles. The first-order valence-corrected chi connectivity index (χ1v) is 10.9. The minimum Gasteiger partial charge on any atom is -0.454 e. The first-order valence-electron chi connectivity index (χ1n) is 10.9. The van der Waals surface area contributed by atoms with Gasteiger partial charge in [0.15, 0.2) is 11.5 Å². The summed E-state index contributed by atoms with van der Waals surface area (Å²) in [6, 6.07) is 16.7. The maximum Gasteiger partial charge on any atom is 0.231 e. The molecule has 30 heavy (non-hydrogen) atoms. The maximum atomic E-state index is 13.2. The van der Waals surface area contributed by atoms with Gasteiger partial charge in [-0.05, 0) is 23.3 Å². The van der Waals surface area contributed by atoms with E-state index in [1.165, 1.54) is 5.56 Å². The SMILES string of the molecule is O=C(Cc1ccc2c(c1)OCO2)NC1C2CN3CCN(C2)CC1(c1ccccc1)C3. The van der Waals surface area contributed by atoms with Crippen LogP contribution in [-0.4, -0.2) is 67.8 Å². The number of ether oxygens (including phenoxy) is 2. The molecule has 4 bridgehead atoms. The molecule has 6 nitrogen and oxygen atoms in total. The third kappa shape index (κ3) is 2.97. The van der Waals surface area contributed by atoms with Crippen LogP contribution in [0.2, 0.25) is 0 Å². The van der Waals surface area contributed by atoms with Crippen LogP contribution in [0.5, 0.6) is 11.5 Å². The number of carbonyl (C=O) groups is 1.